The lowest BCUT2D eigenvalue weighted by Crippen LogP contribution is -2.58. The van der Waals surface area contributed by atoms with Gasteiger partial charge >= 0.3 is 0 Å². The molecule has 0 aromatic heterocycles. The zero-order valence-electron chi connectivity index (χ0n) is 7.88. The summed E-state index contributed by atoms with van der Waals surface area (Å²) in [6.45, 7) is 1.65. The van der Waals surface area contributed by atoms with Crippen molar-refractivity contribution >= 4 is 0 Å². The van der Waals surface area contributed by atoms with Gasteiger partial charge in [0.2, 0.25) is 0 Å². The zero-order valence-corrected chi connectivity index (χ0v) is 7.88. The maximum Gasteiger partial charge on any atom is 0.175 e. The van der Waals surface area contributed by atoms with Crippen LogP contribution in [0.5, 0.6) is 0 Å². The summed E-state index contributed by atoms with van der Waals surface area (Å²) >= 11 is 0. The highest BCUT2D eigenvalue weighted by molar-refractivity contribution is 4.88. The van der Waals surface area contributed by atoms with E-state index >= 15 is 0 Å². The minimum Gasteiger partial charge on any atom is -0.394 e. The standard InChI is InChI=1S/C8H17NO4/c1-4-5(3-10)13-8(12-2)6(9)7(4)11/h4-8,10-11H,3,9H2,1-2H3/t4-,5+,6+,7-,8+/m0/s1. The van der Waals surface area contributed by atoms with Crippen molar-refractivity contribution in [2.45, 2.75) is 31.5 Å². The SMILES string of the molecule is CO[C@@H]1O[C@H](CO)[C@H](C)[C@H](O)[C@H]1N. The molecule has 0 aromatic rings. The number of nitrogens with two attached hydrogens (primary N) is 1. The fraction of sp³-hybridized carbons (Fsp3) is 1.00. The minimum atomic E-state index is -0.698. The molecular weight excluding hydrogens is 174 g/mol. The first-order valence-electron chi connectivity index (χ1n) is 4.34. The third-order valence-corrected chi connectivity index (χ3v) is 2.55. The molecule has 5 heteroatoms. The molecule has 0 radical (unpaired) electrons. The molecule has 0 aromatic carbocycles. The van der Waals surface area contributed by atoms with Gasteiger partial charge < -0.3 is 25.4 Å². The molecule has 0 spiro atoms. The summed E-state index contributed by atoms with van der Waals surface area (Å²) in [5.74, 6) is -0.175. The average Bonchev–Trinajstić information content (AvgIpc) is 2.15. The van der Waals surface area contributed by atoms with Crippen molar-refractivity contribution in [3.8, 4) is 0 Å². The Bertz CT molecular complexity index is 146. The summed E-state index contributed by atoms with van der Waals surface area (Å²) in [5, 5.41) is 18.6. The monoisotopic (exact) mass is 191 g/mol. The van der Waals surface area contributed by atoms with Gasteiger partial charge in [-0.15, -0.1) is 0 Å². The van der Waals surface area contributed by atoms with E-state index in [4.69, 9.17) is 20.3 Å². The number of methoxy groups -OCH3 is 1. The molecule has 1 aliphatic heterocycles. The largest absolute Gasteiger partial charge is 0.394 e. The minimum absolute atomic E-state index is 0.134. The molecule has 1 heterocycles. The molecular formula is C8H17NO4. The van der Waals surface area contributed by atoms with Crippen LogP contribution in [-0.2, 0) is 9.47 Å². The Morgan fingerprint density at radius 3 is 2.62 bits per heavy atom. The van der Waals surface area contributed by atoms with Gasteiger partial charge in [-0.3, -0.25) is 0 Å². The van der Waals surface area contributed by atoms with Crippen LogP contribution in [0.1, 0.15) is 6.92 Å². The Labute approximate surface area is 77.4 Å². The van der Waals surface area contributed by atoms with E-state index in [0.29, 0.717) is 0 Å². The Kier molecular flexibility index (Phi) is 3.63. The van der Waals surface area contributed by atoms with Crippen molar-refractivity contribution in [1.82, 2.24) is 0 Å². The van der Waals surface area contributed by atoms with Crippen molar-refractivity contribution < 1.29 is 19.7 Å². The van der Waals surface area contributed by atoms with Crippen LogP contribution in [0.3, 0.4) is 0 Å². The van der Waals surface area contributed by atoms with Crippen LogP contribution in [0.15, 0.2) is 0 Å². The quantitative estimate of drug-likeness (QED) is 0.504. The molecule has 5 nitrogen and oxygen atoms in total. The summed E-state index contributed by atoms with van der Waals surface area (Å²) in [5.41, 5.74) is 5.66. The lowest BCUT2D eigenvalue weighted by molar-refractivity contribution is -0.240. The normalized spacial score (nSPS) is 46.4. The van der Waals surface area contributed by atoms with Crippen molar-refractivity contribution in [2.24, 2.45) is 11.7 Å². The number of hydrogen-bond donors (Lipinski definition) is 3. The maximum absolute atomic E-state index is 9.65. The summed E-state index contributed by atoms with van der Waals surface area (Å²) in [7, 11) is 1.46. The topological polar surface area (TPSA) is 84.9 Å². The highest BCUT2D eigenvalue weighted by Crippen LogP contribution is 2.24. The van der Waals surface area contributed by atoms with Crippen LogP contribution >= 0.6 is 0 Å². The van der Waals surface area contributed by atoms with Crippen molar-refractivity contribution in [1.29, 1.82) is 0 Å². The smallest absolute Gasteiger partial charge is 0.175 e. The second-order valence-corrected chi connectivity index (χ2v) is 3.39. The van der Waals surface area contributed by atoms with E-state index in [9.17, 15) is 5.11 Å². The number of hydrogen-bond acceptors (Lipinski definition) is 5. The number of aliphatic hydroxyl groups excluding tert-OH is 2. The average molecular weight is 191 g/mol. The Morgan fingerprint density at radius 2 is 2.15 bits per heavy atom. The van der Waals surface area contributed by atoms with E-state index in [2.05, 4.69) is 0 Å². The van der Waals surface area contributed by atoms with Crippen molar-refractivity contribution in [3.05, 3.63) is 0 Å². The van der Waals surface area contributed by atoms with E-state index in [0.717, 1.165) is 0 Å². The first-order valence-corrected chi connectivity index (χ1v) is 4.34. The van der Waals surface area contributed by atoms with Crippen LogP contribution in [0.25, 0.3) is 0 Å². The third kappa shape index (κ3) is 2.00. The van der Waals surface area contributed by atoms with Gasteiger partial charge in [0, 0.05) is 13.0 Å². The summed E-state index contributed by atoms with van der Waals surface area (Å²) in [6, 6.07) is -0.553. The van der Waals surface area contributed by atoms with Gasteiger partial charge in [0.25, 0.3) is 0 Å². The van der Waals surface area contributed by atoms with Gasteiger partial charge in [-0.05, 0) is 0 Å². The maximum atomic E-state index is 9.65. The predicted octanol–water partition coefficient (Wildman–Crippen LogP) is -1.33. The molecule has 1 rings (SSSR count). The van der Waals surface area contributed by atoms with Gasteiger partial charge in [0.15, 0.2) is 6.29 Å². The lowest BCUT2D eigenvalue weighted by atomic mass is 9.90. The second kappa shape index (κ2) is 4.34. The first-order chi connectivity index (χ1) is 6.11. The molecule has 1 fully saturated rings. The summed E-state index contributed by atoms with van der Waals surface area (Å²) in [4.78, 5) is 0. The van der Waals surface area contributed by atoms with E-state index in [1.54, 1.807) is 6.92 Å². The molecule has 4 N–H and O–H groups in total. The van der Waals surface area contributed by atoms with Crippen LogP contribution in [0.4, 0.5) is 0 Å². The van der Waals surface area contributed by atoms with Crippen molar-refractivity contribution in [3.63, 3.8) is 0 Å². The van der Waals surface area contributed by atoms with Crippen LogP contribution in [0.2, 0.25) is 0 Å². The fourth-order valence-corrected chi connectivity index (χ4v) is 1.54. The van der Waals surface area contributed by atoms with Crippen molar-refractivity contribution in [2.75, 3.05) is 13.7 Å². The van der Waals surface area contributed by atoms with Crippen LogP contribution in [-0.4, -0.2) is 48.5 Å². The lowest BCUT2D eigenvalue weighted by Gasteiger charge is -2.40. The third-order valence-electron chi connectivity index (χ3n) is 2.55. The van der Waals surface area contributed by atoms with Gasteiger partial charge in [-0.2, -0.15) is 0 Å². The molecule has 5 atom stereocenters. The molecule has 1 saturated heterocycles. The molecule has 0 bridgehead atoms. The predicted molar refractivity (Wildman–Crippen MR) is 45.9 cm³/mol. The molecule has 78 valence electrons. The number of ether oxygens (including phenoxy) is 2. The first kappa shape index (κ1) is 10.9. The van der Waals surface area contributed by atoms with E-state index in [1.165, 1.54) is 7.11 Å². The molecule has 13 heavy (non-hydrogen) atoms. The molecule has 0 amide bonds. The Morgan fingerprint density at radius 1 is 1.54 bits per heavy atom. The van der Waals surface area contributed by atoms with E-state index < -0.39 is 24.5 Å². The number of rotatable bonds is 2. The molecule has 0 saturated carbocycles. The second-order valence-electron chi connectivity index (χ2n) is 3.39. The van der Waals surface area contributed by atoms with E-state index in [-0.39, 0.29) is 12.5 Å². The Balaban J connectivity index is 2.66. The van der Waals surface area contributed by atoms with Gasteiger partial charge in [-0.1, -0.05) is 6.92 Å². The molecule has 0 unspecified atom stereocenters. The summed E-state index contributed by atoms with van der Waals surface area (Å²) in [6.07, 6.45) is -1.74. The molecule has 0 aliphatic carbocycles. The fourth-order valence-electron chi connectivity index (χ4n) is 1.54. The van der Waals surface area contributed by atoms with Gasteiger partial charge in [0.05, 0.1) is 24.9 Å². The van der Waals surface area contributed by atoms with Gasteiger partial charge in [-0.25, -0.2) is 0 Å². The highest BCUT2D eigenvalue weighted by atomic mass is 16.7. The summed E-state index contributed by atoms with van der Waals surface area (Å²) < 4.78 is 10.3. The van der Waals surface area contributed by atoms with Gasteiger partial charge in [0.1, 0.15) is 0 Å². The van der Waals surface area contributed by atoms with Crippen LogP contribution < -0.4 is 5.73 Å². The van der Waals surface area contributed by atoms with E-state index in [1.807, 2.05) is 0 Å². The zero-order chi connectivity index (χ0) is 10.0. The Hall–Kier alpha value is -0.200. The molecule has 1 aliphatic rings. The number of aliphatic hydroxyl groups is 2. The van der Waals surface area contributed by atoms with Crippen LogP contribution in [0, 0.1) is 5.92 Å². The highest BCUT2D eigenvalue weighted by Gasteiger charge is 2.40.